The Morgan fingerprint density at radius 3 is 2.55 bits per heavy atom. The molecule has 0 saturated heterocycles. The standard InChI is InChI=1S/C17H24N4O/c1-5-16-15(17(22)18-10-11-20(3)4)12-19-21(16)14-8-6-13(2)7-9-14/h6-9,12H,5,10-11H2,1-4H3,(H,18,22). The molecular formula is C17H24N4O. The van der Waals surface area contributed by atoms with E-state index in [4.69, 9.17) is 0 Å². The summed E-state index contributed by atoms with van der Waals surface area (Å²) in [7, 11) is 3.97. The fraction of sp³-hybridized carbons (Fsp3) is 0.412. The van der Waals surface area contributed by atoms with Gasteiger partial charge in [0.2, 0.25) is 0 Å². The number of amides is 1. The van der Waals surface area contributed by atoms with Crippen molar-refractivity contribution < 1.29 is 4.79 Å². The van der Waals surface area contributed by atoms with Gasteiger partial charge in [-0.3, -0.25) is 4.79 Å². The Morgan fingerprint density at radius 1 is 1.27 bits per heavy atom. The van der Waals surface area contributed by atoms with Crippen molar-refractivity contribution in [3.8, 4) is 5.69 Å². The number of aryl methyl sites for hydroxylation is 1. The number of aromatic nitrogens is 2. The summed E-state index contributed by atoms with van der Waals surface area (Å²) < 4.78 is 1.85. The Balaban J connectivity index is 2.20. The highest BCUT2D eigenvalue weighted by atomic mass is 16.1. The van der Waals surface area contributed by atoms with Crippen LogP contribution in [0.4, 0.5) is 0 Å². The monoisotopic (exact) mass is 300 g/mol. The summed E-state index contributed by atoms with van der Waals surface area (Å²) in [6, 6.07) is 8.14. The van der Waals surface area contributed by atoms with Gasteiger partial charge in [-0.1, -0.05) is 24.6 Å². The number of carbonyl (C=O) groups is 1. The summed E-state index contributed by atoms with van der Waals surface area (Å²) in [5.74, 6) is -0.0583. The molecular weight excluding hydrogens is 276 g/mol. The second-order valence-corrected chi connectivity index (χ2v) is 5.67. The summed E-state index contributed by atoms with van der Waals surface area (Å²) in [4.78, 5) is 14.4. The lowest BCUT2D eigenvalue weighted by Crippen LogP contribution is -2.31. The molecule has 1 N–H and O–H groups in total. The van der Waals surface area contributed by atoms with Gasteiger partial charge < -0.3 is 10.2 Å². The average molecular weight is 300 g/mol. The van der Waals surface area contributed by atoms with Crippen LogP contribution in [0.25, 0.3) is 5.69 Å². The van der Waals surface area contributed by atoms with Crippen molar-refractivity contribution >= 4 is 5.91 Å². The zero-order valence-corrected chi connectivity index (χ0v) is 13.8. The third kappa shape index (κ3) is 3.74. The van der Waals surface area contributed by atoms with Crippen molar-refractivity contribution in [2.24, 2.45) is 0 Å². The molecule has 5 nitrogen and oxygen atoms in total. The second kappa shape index (κ2) is 7.22. The molecule has 1 heterocycles. The number of benzene rings is 1. The molecule has 0 fully saturated rings. The topological polar surface area (TPSA) is 50.2 Å². The van der Waals surface area contributed by atoms with Crippen LogP contribution in [0.5, 0.6) is 0 Å². The molecule has 1 amide bonds. The number of carbonyl (C=O) groups excluding carboxylic acids is 1. The minimum Gasteiger partial charge on any atom is -0.351 e. The first-order valence-corrected chi connectivity index (χ1v) is 7.59. The number of nitrogens with one attached hydrogen (secondary N) is 1. The molecule has 0 aliphatic carbocycles. The number of likely N-dealkylation sites (N-methyl/N-ethyl adjacent to an activating group) is 1. The first-order chi connectivity index (χ1) is 10.5. The zero-order valence-electron chi connectivity index (χ0n) is 13.8. The molecule has 118 valence electrons. The molecule has 1 aromatic carbocycles. The molecule has 0 saturated carbocycles. The van der Waals surface area contributed by atoms with Gasteiger partial charge in [-0.25, -0.2) is 4.68 Å². The maximum Gasteiger partial charge on any atom is 0.254 e. The third-order valence-corrected chi connectivity index (χ3v) is 3.57. The van der Waals surface area contributed by atoms with E-state index < -0.39 is 0 Å². The molecule has 0 bridgehead atoms. The van der Waals surface area contributed by atoms with Crippen LogP contribution in [0.2, 0.25) is 0 Å². The fourth-order valence-electron chi connectivity index (χ4n) is 2.30. The molecule has 0 radical (unpaired) electrons. The highest BCUT2D eigenvalue weighted by Gasteiger charge is 2.16. The number of hydrogen-bond donors (Lipinski definition) is 1. The van der Waals surface area contributed by atoms with Crippen LogP contribution in [0, 0.1) is 6.92 Å². The molecule has 0 unspecified atom stereocenters. The number of rotatable bonds is 6. The van der Waals surface area contributed by atoms with E-state index in [1.807, 2.05) is 54.9 Å². The molecule has 2 rings (SSSR count). The van der Waals surface area contributed by atoms with E-state index >= 15 is 0 Å². The van der Waals surface area contributed by atoms with E-state index in [9.17, 15) is 4.79 Å². The van der Waals surface area contributed by atoms with Crippen LogP contribution in [-0.2, 0) is 6.42 Å². The Hall–Kier alpha value is -2.14. The number of hydrogen-bond acceptors (Lipinski definition) is 3. The molecule has 0 aliphatic rings. The lowest BCUT2D eigenvalue weighted by Gasteiger charge is -2.11. The summed E-state index contributed by atoms with van der Waals surface area (Å²) >= 11 is 0. The molecule has 0 aliphatic heterocycles. The normalized spacial score (nSPS) is 11.0. The van der Waals surface area contributed by atoms with E-state index in [2.05, 4.69) is 17.3 Å². The molecule has 5 heteroatoms. The van der Waals surface area contributed by atoms with Crippen LogP contribution in [-0.4, -0.2) is 47.8 Å². The van der Waals surface area contributed by atoms with E-state index in [1.54, 1.807) is 6.20 Å². The Labute approximate surface area is 131 Å². The summed E-state index contributed by atoms with van der Waals surface area (Å²) in [6.45, 7) is 5.54. The maximum absolute atomic E-state index is 12.3. The van der Waals surface area contributed by atoms with Crippen LogP contribution >= 0.6 is 0 Å². The third-order valence-electron chi connectivity index (χ3n) is 3.57. The van der Waals surface area contributed by atoms with Gasteiger partial charge in [0.25, 0.3) is 5.91 Å². The van der Waals surface area contributed by atoms with Gasteiger partial charge in [0.05, 0.1) is 23.1 Å². The van der Waals surface area contributed by atoms with Crippen LogP contribution in [0.15, 0.2) is 30.5 Å². The van der Waals surface area contributed by atoms with Crippen molar-refractivity contribution in [3.63, 3.8) is 0 Å². The van der Waals surface area contributed by atoms with Gasteiger partial charge >= 0.3 is 0 Å². The molecule has 0 atom stereocenters. The average Bonchev–Trinajstić information content (AvgIpc) is 2.91. The number of nitrogens with zero attached hydrogens (tertiary/aromatic N) is 3. The Bertz CT molecular complexity index is 629. The maximum atomic E-state index is 12.3. The summed E-state index contributed by atoms with van der Waals surface area (Å²) in [5, 5.41) is 7.34. The largest absolute Gasteiger partial charge is 0.351 e. The summed E-state index contributed by atoms with van der Waals surface area (Å²) in [5.41, 5.74) is 3.78. The van der Waals surface area contributed by atoms with Crippen molar-refractivity contribution in [2.75, 3.05) is 27.2 Å². The van der Waals surface area contributed by atoms with Gasteiger partial charge in [0.15, 0.2) is 0 Å². The van der Waals surface area contributed by atoms with Crippen LogP contribution < -0.4 is 5.32 Å². The summed E-state index contributed by atoms with van der Waals surface area (Å²) in [6.07, 6.45) is 2.41. The van der Waals surface area contributed by atoms with E-state index in [-0.39, 0.29) is 5.91 Å². The van der Waals surface area contributed by atoms with E-state index in [1.165, 1.54) is 5.56 Å². The highest BCUT2D eigenvalue weighted by molar-refractivity contribution is 5.95. The van der Waals surface area contributed by atoms with Crippen molar-refractivity contribution in [1.82, 2.24) is 20.0 Å². The Kier molecular flexibility index (Phi) is 5.33. The molecule has 2 aromatic rings. The van der Waals surface area contributed by atoms with Crippen molar-refractivity contribution in [3.05, 3.63) is 47.3 Å². The predicted molar refractivity (Wildman–Crippen MR) is 88.6 cm³/mol. The van der Waals surface area contributed by atoms with Gasteiger partial charge in [-0.05, 0) is 39.6 Å². The molecule has 0 spiro atoms. The van der Waals surface area contributed by atoms with Crippen LogP contribution in [0.1, 0.15) is 28.5 Å². The SMILES string of the molecule is CCc1c(C(=O)NCCN(C)C)cnn1-c1ccc(C)cc1. The van der Waals surface area contributed by atoms with Crippen molar-refractivity contribution in [2.45, 2.75) is 20.3 Å². The van der Waals surface area contributed by atoms with Gasteiger partial charge in [-0.15, -0.1) is 0 Å². The quantitative estimate of drug-likeness (QED) is 0.888. The van der Waals surface area contributed by atoms with Gasteiger partial charge in [0.1, 0.15) is 0 Å². The second-order valence-electron chi connectivity index (χ2n) is 5.67. The first kappa shape index (κ1) is 16.2. The van der Waals surface area contributed by atoms with Crippen LogP contribution in [0.3, 0.4) is 0 Å². The van der Waals surface area contributed by atoms with Crippen molar-refractivity contribution in [1.29, 1.82) is 0 Å². The zero-order chi connectivity index (χ0) is 16.1. The van der Waals surface area contributed by atoms with Gasteiger partial charge in [-0.2, -0.15) is 5.10 Å². The smallest absolute Gasteiger partial charge is 0.254 e. The Morgan fingerprint density at radius 2 is 1.95 bits per heavy atom. The van der Waals surface area contributed by atoms with Gasteiger partial charge in [0, 0.05) is 13.1 Å². The minimum absolute atomic E-state index is 0.0583. The molecule has 22 heavy (non-hydrogen) atoms. The molecule has 1 aromatic heterocycles. The highest BCUT2D eigenvalue weighted by Crippen LogP contribution is 2.16. The van der Waals surface area contributed by atoms with E-state index in [0.29, 0.717) is 12.1 Å². The van der Waals surface area contributed by atoms with E-state index in [0.717, 1.165) is 24.3 Å². The fourth-order valence-corrected chi connectivity index (χ4v) is 2.30. The lowest BCUT2D eigenvalue weighted by molar-refractivity contribution is 0.0950. The lowest BCUT2D eigenvalue weighted by atomic mass is 10.1. The first-order valence-electron chi connectivity index (χ1n) is 7.59. The predicted octanol–water partition coefficient (Wildman–Crippen LogP) is 2.03. The minimum atomic E-state index is -0.0583.